The van der Waals surface area contributed by atoms with Crippen molar-refractivity contribution < 1.29 is 9.90 Å². The van der Waals surface area contributed by atoms with E-state index in [-0.39, 0.29) is 0 Å². The number of carbonyl (C=O) groups is 1. The second kappa shape index (κ2) is 4.36. The summed E-state index contributed by atoms with van der Waals surface area (Å²) in [7, 11) is 0. The van der Waals surface area contributed by atoms with Crippen molar-refractivity contribution in [3.8, 4) is 0 Å². The van der Waals surface area contributed by atoms with Crippen LogP contribution >= 0.6 is 0 Å². The summed E-state index contributed by atoms with van der Waals surface area (Å²) in [6.07, 6.45) is 4.27. The molecule has 0 bridgehead atoms. The van der Waals surface area contributed by atoms with Gasteiger partial charge in [0.05, 0.1) is 5.41 Å². The molecule has 3 nitrogen and oxygen atoms in total. The highest BCUT2D eigenvalue weighted by Gasteiger charge is 2.49. The summed E-state index contributed by atoms with van der Waals surface area (Å²) in [6.45, 7) is 6.07. The zero-order valence-electron chi connectivity index (χ0n) is 10.3. The summed E-state index contributed by atoms with van der Waals surface area (Å²) in [5.41, 5.74) is -0.469. The van der Waals surface area contributed by atoms with Gasteiger partial charge in [0, 0.05) is 6.54 Å². The molecule has 2 fully saturated rings. The van der Waals surface area contributed by atoms with Gasteiger partial charge in [-0.3, -0.25) is 4.79 Å². The lowest BCUT2D eigenvalue weighted by molar-refractivity contribution is -0.152. The van der Waals surface area contributed by atoms with Crippen LogP contribution in [-0.4, -0.2) is 24.2 Å². The van der Waals surface area contributed by atoms with E-state index >= 15 is 0 Å². The quantitative estimate of drug-likeness (QED) is 0.757. The Bertz CT molecular complexity index is 261. The van der Waals surface area contributed by atoms with Crippen LogP contribution in [0, 0.1) is 23.2 Å². The van der Waals surface area contributed by atoms with Crippen molar-refractivity contribution in [2.75, 3.05) is 13.1 Å². The van der Waals surface area contributed by atoms with Crippen molar-refractivity contribution in [1.82, 2.24) is 5.32 Å². The van der Waals surface area contributed by atoms with Crippen LogP contribution in [0.25, 0.3) is 0 Å². The van der Waals surface area contributed by atoms with E-state index in [4.69, 9.17) is 0 Å². The first-order valence-corrected chi connectivity index (χ1v) is 6.48. The van der Waals surface area contributed by atoms with E-state index in [0.29, 0.717) is 24.3 Å². The van der Waals surface area contributed by atoms with E-state index in [0.717, 1.165) is 25.8 Å². The molecule has 16 heavy (non-hydrogen) atoms. The van der Waals surface area contributed by atoms with Crippen LogP contribution in [0.3, 0.4) is 0 Å². The van der Waals surface area contributed by atoms with Crippen molar-refractivity contribution in [1.29, 1.82) is 0 Å². The maximum atomic E-state index is 11.6. The third-order valence-corrected chi connectivity index (χ3v) is 4.57. The zero-order chi connectivity index (χ0) is 11.8. The summed E-state index contributed by atoms with van der Waals surface area (Å²) in [5, 5.41) is 12.8. The summed E-state index contributed by atoms with van der Waals surface area (Å²) < 4.78 is 0. The average Bonchev–Trinajstić information content (AvgIpc) is 2.65. The second-order valence-electron chi connectivity index (χ2n) is 6.00. The van der Waals surface area contributed by atoms with E-state index in [2.05, 4.69) is 19.2 Å². The minimum absolute atomic E-state index is 0.374. The molecule has 1 heterocycles. The molecule has 2 aliphatic rings. The molecule has 2 N–H and O–H groups in total. The molecule has 1 aliphatic heterocycles. The van der Waals surface area contributed by atoms with Crippen LogP contribution in [0.4, 0.5) is 0 Å². The van der Waals surface area contributed by atoms with Gasteiger partial charge in [0.25, 0.3) is 0 Å². The number of hydrogen-bond donors (Lipinski definition) is 2. The average molecular weight is 225 g/mol. The first-order valence-electron chi connectivity index (χ1n) is 6.48. The number of nitrogens with one attached hydrogen (secondary N) is 1. The molecule has 0 amide bonds. The molecule has 0 spiro atoms. The fourth-order valence-electron chi connectivity index (χ4n) is 3.82. The molecular formula is C13H23NO2. The lowest BCUT2D eigenvalue weighted by atomic mass is 9.63. The molecule has 3 unspecified atom stereocenters. The highest BCUT2D eigenvalue weighted by Crippen LogP contribution is 2.46. The number of aliphatic carboxylic acids is 1. The van der Waals surface area contributed by atoms with Gasteiger partial charge in [-0.25, -0.2) is 0 Å². The molecule has 3 atom stereocenters. The Hall–Kier alpha value is -0.570. The molecule has 0 aromatic heterocycles. The van der Waals surface area contributed by atoms with Crippen molar-refractivity contribution in [2.45, 2.75) is 39.5 Å². The largest absolute Gasteiger partial charge is 0.481 e. The van der Waals surface area contributed by atoms with Crippen LogP contribution in [0.5, 0.6) is 0 Å². The van der Waals surface area contributed by atoms with Gasteiger partial charge in [0.15, 0.2) is 0 Å². The lowest BCUT2D eigenvalue weighted by Gasteiger charge is -2.40. The van der Waals surface area contributed by atoms with Crippen LogP contribution in [0.2, 0.25) is 0 Å². The van der Waals surface area contributed by atoms with Crippen molar-refractivity contribution >= 4 is 5.97 Å². The smallest absolute Gasteiger partial charge is 0.311 e. The number of rotatable bonds is 2. The standard InChI is InChI=1S/C13H23NO2/c1-9-5-10(2)7-11(6-9)13(12(15)16)3-4-14-8-13/h9-11,14H,3-8H2,1-2H3,(H,15,16). The minimum atomic E-state index is -0.580. The fraction of sp³-hybridized carbons (Fsp3) is 0.923. The van der Waals surface area contributed by atoms with Gasteiger partial charge in [-0.05, 0) is 50.0 Å². The molecule has 1 saturated heterocycles. The number of carboxylic acids is 1. The monoisotopic (exact) mass is 225 g/mol. The molecule has 92 valence electrons. The maximum absolute atomic E-state index is 11.6. The first-order chi connectivity index (χ1) is 7.54. The Morgan fingerprint density at radius 1 is 1.25 bits per heavy atom. The van der Waals surface area contributed by atoms with Crippen molar-refractivity contribution in [2.24, 2.45) is 23.2 Å². The Balaban J connectivity index is 2.17. The van der Waals surface area contributed by atoms with Crippen LogP contribution < -0.4 is 5.32 Å². The summed E-state index contributed by atoms with van der Waals surface area (Å²) in [6, 6.07) is 0. The van der Waals surface area contributed by atoms with Gasteiger partial charge in [-0.15, -0.1) is 0 Å². The van der Waals surface area contributed by atoms with Gasteiger partial charge in [-0.2, -0.15) is 0 Å². The van der Waals surface area contributed by atoms with E-state index in [1.807, 2.05) is 0 Å². The Labute approximate surface area is 97.6 Å². The highest BCUT2D eigenvalue weighted by molar-refractivity contribution is 5.76. The Morgan fingerprint density at radius 2 is 1.88 bits per heavy atom. The van der Waals surface area contributed by atoms with Gasteiger partial charge in [-0.1, -0.05) is 13.8 Å². The minimum Gasteiger partial charge on any atom is -0.481 e. The van der Waals surface area contributed by atoms with E-state index in [9.17, 15) is 9.90 Å². The van der Waals surface area contributed by atoms with Gasteiger partial charge < -0.3 is 10.4 Å². The first kappa shape index (κ1) is 11.9. The molecular weight excluding hydrogens is 202 g/mol. The van der Waals surface area contributed by atoms with Gasteiger partial charge >= 0.3 is 5.97 Å². The third-order valence-electron chi connectivity index (χ3n) is 4.57. The topological polar surface area (TPSA) is 49.3 Å². The summed E-state index contributed by atoms with van der Waals surface area (Å²) in [5.74, 6) is 1.17. The van der Waals surface area contributed by atoms with E-state index in [1.165, 1.54) is 6.42 Å². The van der Waals surface area contributed by atoms with E-state index < -0.39 is 11.4 Å². The number of hydrogen-bond acceptors (Lipinski definition) is 2. The predicted octanol–water partition coefficient (Wildman–Crippen LogP) is 2.12. The second-order valence-corrected chi connectivity index (χ2v) is 6.00. The summed E-state index contributed by atoms with van der Waals surface area (Å²) in [4.78, 5) is 11.6. The van der Waals surface area contributed by atoms with Crippen molar-refractivity contribution in [3.63, 3.8) is 0 Å². The fourth-order valence-corrected chi connectivity index (χ4v) is 3.82. The van der Waals surface area contributed by atoms with Crippen molar-refractivity contribution in [3.05, 3.63) is 0 Å². The van der Waals surface area contributed by atoms with Crippen LogP contribution in [0.15, 0.2) is 0 Å². The zero-order valence-corrected chi connectivity index (χ0v) is 10.3. The molecule has 0 radical (unpaired) electrons. The molecule has 0 aromatic rings. The summed E-state index contributed by atoms with van der Waals surface area (Å²) >= 11 is 0. The number of carboxylic acid groups (broad SMARTS) is 1. The third kappa shape index (κ3) is 1.97. The van der Waals surface area contributed by atoms with Gasteiger partial charge in [0.2, 0.25) is 0 Å². The molecule has 2 rings (SSSR count). The maximum Gasteiger partial charge on any atom is 0.311 e. The molecule has 1 saturated carbocycles. The molecule has 0 aromatic carbocycles. The van der Waals surface area contributed by atoms with Gasteiger partial charge in [0.1, 0.15) is 0 Å². The lowest BCUT2D eigenvalue weighted by Crippen LogP contribution is -2.43. The van der Waals surface area contributed by atoms with Crippen LogP contribution in [0.1, 0.15) is 39.5 Å². The normalized spacial score (nSPS) is 44.5. The Morgan fingerprint density at radius 3 is 2.31 bits per heavy atom. The SMILES string of the molecule is CC1CC(C)CC(C2(C(=O)O)CCNC2)C1. The highest BCUT2D eigenvalue weighted by atomic mass is 16.4. The predicted molar refractivity (Wildman–Crippen MR) is 63.2 cm³/mol. The van der Waals surface area contributed by atoms with E-state index in [1.54, 1.807) is 0 Å². The van der Waals surface area contributed by atoms with Crippen LogP contribution in [-0.2, 0) is 4.79 Å². The Kier molecular flexibility index (Phi) is 3.24. The molecule has 1 aliphatic carbocycles. The molecule has 3 heteroatoms.